The lowest BCUT2D eigenvalue weighted by Crippen LogP contribution is -2.46. The maximum Gasteiger partial charge on any atom is 0.222 e. The summed E-state index contributed by atoms with van der Waals surface area (Å²) in [5.41, 5.74) is 7.78. The Balaban J connectivity index is 1.60. The van der Waals surface area contributed by atoms with Gasteiger partial charge in [-0.15, -0.1) is 0 Å². The summed E-state index contributed by atoms with van der Waals surface area (Å²) >= 11 is 0. The molecule has 1 fully saturated rings. The summed E-state index contributed by atoms with van der Waals surface area (Å²) in [6.45, 7) is 6.76. The topological polar surface area (TPSA) is 87.0 Å². The van der Waals surface area contributed by atoms with E-state index in [1.165, 1.54) is 0 Å². The zero-order chi connectivity index (χ0) is 13.9. The highest BCUT2D eigenvalue weighted by molar-refractivity contribution is 5.43. The number of aryl methyl sites for hydroxylation is 1. The van der Waals surface area contributed by atoms with Gasteiger partial charge >= 0.3 is 0 Å². The molecule has 2 aromatic heterocycles. The predicted molar refractivity (Wildman–Crippen MR) is 77.3 cm³/mol. The van der Waals surface area contributed by atoms with E-state index in [0.717, 1.165) is 49.9 Å². The molecule has 2 aromatic rings. The molecule has 0 spiro atoms. The van der Waals surface area contributed by atoms with Crippen LogP contribution in [-0.4, -0.2) is 51.2 Å². The summed E-state index contributed by atoms with van der Waals surface area (Å²) in [6, 6.07) is 4.00. The maximum atomic E-state index is 5.71. The Morgan fingerprint density at radius 3 is 2.70 bits per heavy atom. The van der Waals surface area contributed by atoms with Gasteiger partial charge in [-0.25, -0.2) is 4.98 Å². The molecule has 0 bridgehead atoms. The smallest absolute Gasteiger partial charge is 0.222 e. The summed E-state index contributed by atoms with van der Waals surface area (Å²) < 4.78 is 0. The number of hydrogen-bond acceptors (Lipinski definition) is 6. The molecule has 1 aliphatic heterocycles. The molecule has 0 aliphatic carbocycles. The zero-order valence-corrected chi connectivity index (χ0v) is 11.6. The summed E-state index contributed by atoms with van der Waals surface area (Å²) in [7, 11) is 0. The molecule has 106 valence electrons. The molecule has 3 heterocycles. The molecule has 1 saturated heterocycles. The van der Waals surface area contributed by atoms with Crippen LogP contribution in [0.1, 0.15) is 11.4 Å². The van der Waals surface area contributed by atoms with Crippen molar-refractivity contribution in [1.82, 2.24) is 25.1 Å². The van der Waals surface area contributed by atoms with Crippen LogP contribution in [0.3, 0.4) is 0 Å². The Hall–Kier alpha value is -2.15. The molecular weight excluding hydrogens is 254 g/mol. The van der Waals surface area contributed by atoms with Crippen molar-refractivity contribution in [1.29, 1.82) is 0 Å². The van der Waals surface area contributed by atoms with Gasteiger partial charge in [-0.05, 0) is 13.0 Å². The fourth-order valence-corrected chi connectivity index (χ4v) is 2.49. The van der Waals surface area contributed by atoms with Crippen LogP contribution in [-0.2, 0) is 6.54 Å². The molecule has 7 nitrogen and oxygen atoms in total. The van der Waals surface area contributed by atoms with Crippen LogP contribution >= 0.6 is 0 Å². The summed E-state index contributed by atoms with van der Waals surface area (Å²) in [6.07, 6.45) is 1.79. The molecule has 0 unspecified atom stereocenters. The minimum Gasteiger partial charge on any atom is -0.368 e. The number of H-pyrrole nitrogens is 1. The van der Waals surface area contributed by atoms with Gasteiger partial charge in [0.2, 0.25) is 5.95 Å². The summed E-state index contributed by atoms with van der Waals surface area (Å²) in [5, 5.41) is 6.98. The number of nitrogen functional groups attached to an aromatic ring is 1. The van der Waals surface area contributed by atoms with Crippen molar-refractivity contribution < 1.29 is 0 Å². The summed E-state index contributed by atoms with van der Waals surface area (Å²) in [4.78, 5) is 13.1. The first-order valence-electron chi connectivity index (χ1n) is 6.77. The van der Waals surface area contributed by atoms with Gasteiger partial charge in [0, 0.05) is 56.4 Å². The van der Waals surface area contributed by atoms with Gasteiger partial charge in [-0.1, -0.05) is 0 Å². The van der Waals surface area contributed by atoms with Crippen molar-refractivity contribution in [2.24, 2.45) is 0 Å². The number of anilines is 2. The number of aromatic nitrogens is 4. The molecule has 0 saturated carbocycles. The van der Waals surface area contributed by atoms with Crippen LogP contribution in [0.2, 0.25) is 0 Å². The zero-order valence-electron chi connectivity index (χ0n) is 11.6. The number of hydrogen-bond donors (Lipinski definition) is 2. The monoisotopic (exact) mass is 273 g/mol. The minimum absolute atomic E-state index is 0.347. The molecule has 7 heteroatoms. The average molecular weight is 273 g/mol. The molecule has 20 heavy (non-hydrogen) atoms. The lowest BCUT2D eigenvalue weighted by atomic mass is 10.2. The molecule has 3 N–H and O–H groups in total. The minimum atomic E-state index is 0.347. The van der Waals surface area contributed by atoms with Gasteiger partial charge in [-0.2, -0.15) is 10.1 Å². The first-order valence-corrected chi connectivity index (χ1v) is 6.77. The van der Waals surface area contributed by atoms with Crippen LogP contribution in [0.15, 0.2) is 18.3 Å². The van der Waals surface area contributed by atoms with Crippen LogP contribution in [0.4, 0.5) is 11.8 Å². The number of nitrogens with one attached hydrogen (secondary N) is 1. The van der Waals surface area contributed by atoms with E-state index in [9.17, 15) is 0 Å². The van der Waals surface area contributed by atoms with Crippen LogP contribution in [0.5, 0.6) is 0 Å². The van der Waals surface area contributed by atoms with Gasteiger partial charge in [0.25, 0.3) is 0 Å². The van der Waals surface area contributed by atoms with E-state index in [1.54, 1.807) is 6.20 Å². The van der Waals surface area contributed by atoms with E-state index in [4.69, 9.17) is 5.73 Å². The Labute approximate surface area is 117 Å². The third kappa shape index (κ3) is 2.88. The van der Waals surface area contributed by atoms with Crippen LogP contribution < -0.4 is 10.6 Å². The predicted octanol–water partition coefficient (Wildman–Crippen LogP) is 0.413. The van der Waals surface area contributed by atoms with Crippen LogP contribution in [0, 0.1) is 6.92 Å². The first-order chi connectivity index (χ1) is 9.70. The largest absolute Gasteiger partial charge is 0.368 e. The highest BCUT2D eigenvalue weighted by Gasteiger charge is 2.19. The molecule has 1 aliphatic rings. The lowest BCUT2D eigenvalue weighted by molar-refractivity contribution is 0.246. The Morgan fingerprint density at radius 1 is 1.25 bits per heavy atom. The molecule has 0 aromatic carbocycles. The average Bonchev–Trinajstić information content (AvgIpc) is 2.91. The van der Waals surface area contributed by atoms with E-state index in [0.29, 0.717) is 5.95 Å². The van der Waals surface area contributed by atoms with E-state index in [1.807, 2.05) is 19.1 Å². The normalized spacial score (nSPS) is 16.6. The van der Waals surface area contributed by atoms with Gasteiger partial charge < -0.3 is 10.6 Å². The third-order valence-corrected chi connectivity index (χ3v) is 3.51. The standard InChI is InChI=1S/C13H19N7/c1-10-8-12(17-13(14)16-10)20-6-4-19(5-7-20)9-11-2-3-15-18-11/h2-3,8H,4-7,9H2,1H3,(H,15,18)(H2,14,16,17). The Kier molecular flexibility index (Phi) is 3.51. The fraction of sp³-hybridized carbons (Fsp3) is 0.462. The SMILES string of the molecule is Cc1cc(N2CCN(Cc3ccn[nH]3)CC2)nc(N)n1. The molecular formula is C13H19N7. The first kappa shape index (κ1) is 12.9. The van der Waals surface area contributed by atoms with E-state index < -0.39 is 0 Å². The van der Waals surface area contributed by atoms with E-state index >= 15 is 0 Å². The number of piperazine rings is 1. The highest BCUT2D eigenvalue weighted by atomic mass is 15.3. The molecule has 0 atom stereocenters. The lowest BCUT2D eigenvalue weighted by Gasteiger charge is -2.35. The number of nitrogens with zero attached hydrogens (tertiary/aromatic N) is 5. The van der Waals surface area contributed by atoms with Gasteiger partial charge in [0.15, 0.2) is 0 Å². The number of rotatable bonds is 3. The second-order valence-corrected chi connectivity index (χ2v) is 5.07. The van der Waals surface area contributed by atoms with Crippen molar-refractivity contribution in [2.75, 3.05) is 36.8 Å². The fourth-order valence-electron chi connectivity index (χ4n) is 2.49. The Bertz CT molecular complexity index is 538. The number of aromatic amines is 1. The van der Waals surface area contributed by atoms with Crippen molar-refractivity contribution in [3.8, 4) is 0 Å². The van der Waals surface area contributed by atoms with Gasteiger partial charge in [0.05, 0.1) is 0 Å². The van der Waals surface area contributed by atoms with E-state index in [-0.39, 0.29) is 0 Å². The van der Waals surface area contributed by atoms with Crippen molar-refractivity contribution in [3.05, 3.63) is 29.7 Å². The van der Waals surface area contributed by atoms with Crippen LogP contribution in [0.25, 0.3) is 0 Å². The molecule has 3 rings (SSSR count). The quantitative estimate of drug-likeness (QED) is 0.842. The third-order valence-electron chi connectivity index (χ3n) is 3.51. The summed E-state index contributed by atoms with van der Waals surface area (Å²) in [5.74, 6) is 1.27. The maximum absolute atomic E-state index is 5.71. The van der Waals surface area contributed by atoms with Crippen molar-refractivity contribution in [2.45, 2.75) is 13.5 Å². The van der Waals surface area contributed by atoms with Crippen molar-refractivity contribution >= 4 is 11.8 Å². The number of nitrogens with two attached hydrogens (primary N) is 1. The molecule has 0 radical (unpaired) electrons. The Morgan fingerprint density at radius 2 is 2.05 bits per heavy atom. The van der Waals surface area contributed by atoms with Gasteiger partial charge in [0.1, 0.15) is 5.82 Å². The van der Waals surface area contributed by atoms with Crippen molar-refractivity contribution in [3.63, 3.8) is 0 Å². The van der Waals surface area contributed by atoms with E-state index in [2.05, 4.69) is 30.0 Å². The van der Waals surface area contributed by atoms with Gasteiger partial charge in [-0.3, -0.25) is 10.00 Å². The second kappa shape index (κ2) is 5.46. The second-order valence-electron chi connectivity index (χ2n) is 5.07. The highest BCUT2D eigenvalue weighted by Crippen LogP contribution is 2.16. The molecule has 0 amide bonds.